The minimum atomic E-state index is -1.12. The van der Waals surface area contributed by atoms with Crippen LogP contribution in [0.1, 0.15) is 319 Å². The lowest BCUT2D eigenvalue weighted by molar-refractivity contribution is -0.137. The molecular weight excluding hydrogens is 1530 g/mol. The first-order chi connectivity index (χ1) is 56.9. The van der Waals surface area contributed by atoms with Crippen molar-refractivity contribution in [1.29, 1.82) is 0 Å². The molecule has 9 aromatic rings. The third-order valence-corrected chi connectivity index (χ3v) is 17.6. The van der Waals surface area contributed by atoms with Crippen LogP contribution >= 0.6 is 0 Å². The Kier molecular flexibility index (Phi) is 69.8. The summed E-state index contributed by atoms with van der Waals surface area (Å²) in [5, 5.41) is 13.4. The normalized spacial score (nSPS) is 10.8. The minimum Gasteiger partial charge on any atom is -0.481 e. The number of hydrogen-bond acceptors (Lipinski definition) is 7. The first-order valence-corrected chi connectivity index (χ1v) is 44.5. The smallest absolute Gasteiger partial charge is 0.303 e. The van der Waals surface area contributed by atoms with Crippen molar-refractivity contribution in [2.75, 3.05) is 6.54 Å². The number of aryl methyl sites for hydroxylation is 2. The predicted molar refractivity (Wildman–Crippen MR) is 545 cm³/mol. The molecule has 0 aliphatic heterocycles. The molecule has 0 bridgehead atoms. The summed E-state index contributed by atoms with van der Waals surface area (Å²) in [5.41, 5.74) is 33.1. The topological polar surface area (TPSA) is 273 Å². The van der Waals surface area contributed by atoms with Crippen molar-refractivity contribution in [3.05, 3.63) is 322 Å². The highest BCUT2D eigenvalue weighted by atomic mass is 16.4. The number of nitrogens with two attached hydrogens (primary N) is 3. The lowest BCUT2D eigenvalue weighted by Gasteiger charge is -2.18. The molecule has 9 rings (SSSR count). The molecule has 0 aliphatic carbocycles. The number of aliphatic carboxylic acids is 1. The first kappa shape index (κ1) is 125. The Bertz CT molecular complexity index is 3750. The van der Waals surface area contributed by atoms with E-state index in [9.17, 15) is 19.2 Å². The van der Waals surface area contributed by atoms with Crippen molar-refractivity contribution < 1.29 is 24.3 Å². The molecule has 2 atom stereocenters. The van der Waals surface area contributed by atoms with E-state index >= 15 is 0 Å². The number of carboxylic acids is 1. The molecule has 0 fully saturated rings. The fourth-order valence-electron chi connectivity index (χ4n) is 11.5. The second kappa shape index (κ2) is 69.4. The van der Waals surface area contributed by atoms with Gasteiger partial charge in [-0.25, -0.2) is 0 Å². The fourth-order valence-corrected chi connectivity index (χ4v) is 11.5. The minimum absolute atomic E-state index is 0. The van der Waals surface area contributed by atoms with E-state index in [2.05, 4.69) is 444 Å². The summed E-state index contributed by atoms with van der Waals surface area (Å²) in [6.07, 6.45) is 3.55. The second-order valence-corrected chi connectivity index (χ2v) is 37.2. The number of aliphatic imine (C=N–C) groups is 1. The second-order valence-electron chi connectivity index (χ2n) is 37.2. The lowest BCUT2D eigenvalue weighted by Crippen LogP contribution is -2.52. The lowest BCUT2D eigenvalue weighted by atomic mass is 9.87. The summed E-state index contributed by atoms with van der Waals surface area (Å²) in [4.78, 5) is 49.0. The molecule has 0 aliphatic rings. The van der Waals surface area contributed by atoms with Gasteiger partial charge in [-0.2, -0.15) is 0 Å². The van der Waals surface area contributed by atoms with Crippen molar-refractivity contribution in [2.24, 2.45) is 38.4 Å². The Morgan fingerprint density at radius 3 is 0.806 bits per heavy atom. The standard InChI is InChI=1S/C13H24N6O5.4C11H16.3C10H14.2C9H12.3C2H6.2H3N/c1-7(18-9(20)3-2-6-17-13(15)16)12(24)19-8(11(14)23)4-5-10(21)22;1-8(2)11-9(3)6-5-7-10(11)4;3*1-11(2,3)9-10-7-5-4-6-8-10;3*1-10(2,3)9-7-5-4-6-8-9;2*1-8(2)9-6-4-3-5-7-9;3*1-2;;/h7-8H,2-6H2,1H3,(H2,14,23)(H,18,20)(H,19,24)(H,21,22)(H4,15,16,17);5-8H,1-4H3;3*4-8H,9H2,1-3H3;3*4-8H,1-3H3;2*3-8H,1-2H3;3*1-2H3;2*1H3/t7-,8-;;;;;;;;;;;;;;/m1............../s1. The molecule has 3 amide bonds. The number of nitrogens with zero attached hydrogens (tertiary/aromatic N) is 1. The molecule has 13 nitrogen and oxygen atoms in total. The van der Waals surface area contributed by atoms with Gasteiger partial charge in [0.1, 0.15) is 12.1 Å². The number of carboxylic acid groups (broad SMARTS) is 1. The maximum atomic E-state index is 11.9. The van der Waals surface area contributed by atoms with Gasteiger partial charge in [0.05, 0.1) is 0 Å². The number of hydrogen-bond donors (Lipinski definition) is 8. The Morgan fingerprint density at radius 2 is 0.613 bits per heavy atom. The van der Waals surface area contributed by atoms with Crippen molar-refractivity contribution in [2.45, 2.75) is 320 Å². The van der Waals surface area contributed by atoms with Gasteiger partial charge in [0, 0.05) is 19.4 Å². The summed E-state index contributed by atoms with van der Waals surface area (Å²) in [7, 11) is 0. The van der Waals surface area contributed by atoms with Gasteiger partial charge >= 0.3 is 5.97 Å². The molecule has 0 unspecified atom stereocenters. The van der Waals surface area contributed by atoms with E-state index in [0.717, 1.165) is 19.3 Å². The molecule has 692 valence electrons. The number of guanidine groups is 1. The van der Waals surface area contributed by atoms with Gasteiger partial charge in [0.25, 0.3) is 0 Å². The number of primary amides is 1. The summed E-state index contributed by atoms with van der Waals surface area (Å²) < 4.78 is 0. The molecule has 15 N–H and O–H groups in total. The number of amides is 3. The van der Waals surface area contributed by atoms with Crippen LogP contribution in [0.3, 0.4) is 0 Å². The number of rotatable bonds is 17. The van der Waals surface area contributed by atoms with E-state index in [1.165, 1.54) is 68.1 Å². The largest absolute Gasteiger partial charge is 0.481 e. The number of nitrogens with one attached hydrogen (secondary N) is 2. The van der Waals surface area contributed by atoms with Crippen molar-refractivity contribution >= 4 is 29.7 Å². The zero-order valence-electron chi connectivity index (χ0n) is 84.0. The van der Waals surface area contributed by atoms with Crippen LogP contribution in [0, 0.1) is 30.1 Å². The van der Waals surface area contributed by atoms with Crippen LogP contribution in [0.2, 0.25) is 0 Å². The number of carbonyl (C=O) groups excluding carboxylic acids is 3. The van der Waals surface area contributed by atoms with Gasteiger partial charge in [-0.15, -0.1) is 0 Å². The Labute approximate surface area is 758 Å². The Morgan fingerprint density at radius 1 is 0.355 bits per heavy atom. The van der Waals surface area contributed by atoms with Gasteiger partial charge in [-0.3, -0.25) is 24.2 Å². The third-order valence-electron chi connectivity index (χ3n) is 17.6. The molecule has 13 heteroatoms. The molecule has 0 aromatic heterocycles. The average molecular weight is 1700 g/mol. The number of benzene rings is 9. The van der Waals surface area contributed by atoms with Crippen LogP contribution in [0.4, 0.5) is 0 Å². The molecule has 0 radical (unpaired) electrons. The van der Waals surface area contributed by atoms with Crippen LogP contribution in [-0.2, 0) is 54.7 Å². The zero-order chi connectivity index (χ0) is 94.3. The highest BCUT2D eigenvalue weighted by molar-refractivity contribution is 5.91. The first-order valence-electron chi connectivity index (χ1n) is 44.5. The maximum absolute atomic E-state index is 11.9. The van der Waals surface area contributed by atoms with E-state index in [4.69, 9.17) is 22.3 Å². The molecule has 0 spiro atoms. The van der Waals surface area contributed by atoms with E-state index in [1.807, 2.05) is 53.7 Å². The van der Waals surface area contributed by atoms with Crippen LogP contribution in [0.15, 0.2) is 266 Å². The quantitative estimate of drug-likeness (QED) is 0.0244. The molecule has 0 saturated carbocycles. The van der Waals surface area contributed by atoms with Gasteiger partial charge in [0.15, 0.2) is 5.96 Å². The summed E-state index contributed by atoms with van der Waals surface area (Å²) >= 11 is 0. The number of carbonyl (C=O) groups is 4. The van der Waals surface area contributed by atoms with Gasteiger partial charge in [-0.1, -0.05) is 469 Å². The highest BCUT2D eigenvalue weighted by Crippen LogP contribution is 2.26. The van der Waals surface area contributed by atoms with Gasteiger partial charge < -0.3 is 45.2 Å². The summed E-state index contributed by atoms with van der Waals surface area (Å²) in [5.74, 6) is -1.08. The molecule has 0 heterocycles. The van der Waals surface area contributed by atoms with Crippen LogP contribution < -0.4 is 40.1 Å². The van der Waals surface area contributed by atoms with E-state index in [0.29, 0.717) is 56.7 Å². The average Bonchev–Trinajstić information content (AvgIpc) is 0.858. The van der Waals surface area contributed by atoms with Crippen molar-refractivity contribution in [3.8, 4) is 0 Å². The molecule has 9 aromatic carbocycles. The summed E-state index contributed by atoms with van der Waals surface area (Å²) in [6.45, 7) is 71.8. The predicted octanol–water partition coefficient (Wildman–Crippen LogP) is 28.6. The third kappa shape index (κ3) is 69.5. The highest BCUT2D eigenvalue weighted by Gasteiger charge is 2.24. The SMILES string of the molecule is CC.CC.CC.CC(C)(C)Cc1ccccc1.CC(C)(C)Cc1ccccc1.CC(C)(C)Cc1ccccc1.CC(C)(C)c1ccccc1.CC(C)(C)c1ccccc1.CC(C)(C)c1ccccc1.CC(C)c1ccccc1.CC(C)c1ccccc1.C[C@@H](NC(=O)CCCN=C(N)N)C(=O)N[C@H](CCC(=O)O)C(N)=O.Cc1cccc(C)c1C(C)C.N.N. The zero-order valence-corrected chi connectivity index (χ0v) is 84.0. The van der Waals surface area contributed by atoms with E-state index in [-0.39, 0.29) is 50.0 Å². The van der Waals surface area contributed by atoms with Gasteiger partial charge in [-0.05, 0) is 164 Å². The molecule has 0 saturated heterocycles. The van der Waals surface area contributed by atoms with Crippen LogP contribution in [-0.4, -0.2) is 53.4 Å². The molecular formula is C111H178N8O5. The molecule has 124 heavy (non-hydrogen) atoms. The van der Waals surface area contributed by atoms with E-state index < -0.39 is 29.9 Å². The van der Waals surface area contributed by atoms with Gasteiger partial charge in [0.2, 0.25) is 17.7 Å². The Hall–Kier alpha value is -9.95. The monoisotopic (exact) mass is 1700 g/mol. The van der Waals surface area contributed by atoms with Crippen LogP contribution in [0.25, 0.3) is 0 Å². The van der Waals surface area contributed by atoms with E-state index in [1.54, 1.807) is 0 Å². The van der Waals surface area contributed by atoms with Crippen LogP contribution in [0.5, 0.6) is 0 Å². The maximum Gasteiger partial charge on any atom is 0.303 e. The Balaban J connectivity index is -0.000000314. The fraction of sp³-hybridized carbons (Fsp3) is 0.468. The summed E-state index contributed by atoms with van der Waals surface area (Å²) in [6, 6.07) is 89.0. The van der Waals surface area contributed by atoms with Crippen molar-refractivity contribution in [1.82, 2.24) is 22.9 Å². The van der Waals surface area contributed by atoms with Crippen molar-refractivity contribution in [3.63, 3.8) is 0 Å².